The maximum absolute atomic E-state index is 13.0. The summed E-state index contributed by atoms with van der Waals surface area (Å²) in [6, 6.07) is 5.40. The Morgan fingerprint density at radius 2 is 1.92 bits per heavy atom. The number of carbonyl (C=O) groups is 1. The first-order valence-corrected chi connectivity index (χ1v) is 8.71. The number of halogens is 3. The van der Waals surface area contributed by atoms with E-state index in [-0.39, 0.29) is 5.56 Å². The lowest BCUT2D eigenvalue weighted by Crippen LogP contribution is -2.44. The fraction of sp³-hybridized carbons (Fsp3) is 0.611. The molecule has 25 heavy (non-hydrogen) atoms. The molecule has 3 rings (SSSR count). The number of ether oxygens (including phenoxy) is 1. The summed E-state index contributed by atoms with van der Waals surface area (Å²) in [5, 5.41) is 2.68. The van der Waals surface area contributed by atoms with Crippen molar-refractivity contribution in [1.29, 1.82) is 0 Å². The van der Waals surface area contributed by atoms with Crippen molar-refractivity contribution in [3.05, 3.63) is 35.4 Å². The van der Waals surface area contributed by atoms with E-state index in [1.807, 2.05) is 0 Å². The van der Waals surface area contributed by atoms with Gasteiger partial charge in [0.05, 0.1) is 17.7 Å². The van der Waals surface area contributed by atoms with Crippen molar-refractivity contribution >= 4 is 5.91 Å². The minimum Gasteiger partial charge on any atom is -0.380 e. The van der Waals surface area contributed by atoms with Gasteiger partial charge >= 0.3 is 6.18 Å². The van der Waals surface area contributed by atoms with Gasteiger partial charge < -0.3 is 10.1 Å². The highest BCUT2D eigenvalue weighted by Gasteiger charge is 2.35. The van der Waals surface area contributed by atoms with Crippen LogP contribution in [0.5, 0.6) is 0 Å². The van der Waals surface area contributed by atoms with Crippen molar-refractivity contribution in [1.82, 2.24) is 10.2 Å². The van der Waals surface area contributed by atoms with Crippen LogP contribution in [0.3, 0.4) is 0 Å². The average Bonchev–Trinajstić information content (AvgIpc) is 3.14. The van der Waals surface area contributed by atoms with Crippen molar-refractivity contribution in [3.8, 4) is 0 Å². The smallest absolute Gasteiger partial charge is 0.380 e. The third kappa shape index (κ3) is 4.52. The number of nitrogens with one attached hydrogen (secondary N) is 1. The first-order valence-electron chi connectivity index (χ1n) is 8.71. The molecule has 1 aromatic rings. The average molecular weight is 356 g/mol. The highest BCUT2D eigenvalue weighted by molar-refractivity contribution is 5.95. The summed E-state index contributed by atoms with van der Waals surface area (Å²) in [5.41, 5.74) is -1.20. The third-order valence-corrected chi connectivity index (χ3v) is 5.10. The molecule has 4 nitrogen and oxygen atoms in total. The molecular weight excluding hydrogens is 333 g/mol. The van der Waals surface area contributed by atoms with Gasteiger partial charge in [-0.3, -0.25) is 9.69 Å². The summed E-state index contributed by atoms with van der Waals surface area (Å²) in [7, 11) is 0. The largest absolute Gasteiger partial charge is 0.417 e. The fourth-order valence-corrected chi connectivity index (χ4v) is 3.59. The Morgan fingerprint density at radius 1 is 1.20 bits per heavy atom. The Kier molecular flexibility index (Phi) is 5.64. The summed E-state index contributed by atoms with van der Waals surface area (Å²) in [6.45, 7) is 3.93. The number of amides is 1. The minimum absolute atomic E-state index is 0.306. The summed E-state index contributed by atoms with van der Waals surface area (Å²) in [4.78, 5) is 14.6. The maximum atomic E-state index is 13.0. The second kappa shape index (κ2) is 7.74. The number of benzene rings is 1. The van der Waals surface area contributed by atoms with Crippen molar-refractivity contribution in [2.24, 2.45) is 5.92 Å². The van der Waals surface area contributed by atoms with E-state index in [4.69, 9.17) is 4.74 Å². The van der Waals surface area contributed by atoms with Gasteiger partial charge in [-0.15, -0.1) is 0 Å². The summed E-state index contributed by atoms with van der Waals surface area (Å²) >= 11 is 0. The Labute approximate surface area is 145 Å². The summed E-state index contributed by atoms with van der Waals surface area (Å²) < 4.78 is 44.4. The van der Waals surface area contributed by atoms with Gasteiger partial charge in [0.15, 0.2) is 0 Å². The predicted molar refractivity (Wildman–Crippen MR) is 87.3 cm³/mol. The molecule has 2 aliphatic rings. The minimum atomic E-state index is -4.53. The summed E-state index contributed by atoms with van der Waals surface area (Å²) in [6.07, 6.45) is -1.58. The predicted octanol–water partition coefficient (Wildman–Crippen LogP) is 2.94. The van der Waals surface area contributed by atoms with Crippen molar-refractivity contribution in [2.75, 3.05) is 32.8 Å². The molecule has 2 aliphatic heterocycles. The van der Waals surface area contributed by atoms with Crippen molar-refractivity contribution in [2.45, 2.75) is 31.5 Å². The molecule has 1 atom stereocenters. The molecule has 2 heterocycles. The normalized spacial score (nSPS) is 22.9. The fourth-order valence-electron chi connectivity index (χ4n) is 3.59. The SMILES string of the molecule is O=C(NCC1CCN(C2CCOC2)CC1)c1ccccc1C(F)(F)F. The topological polar surface area (TPSA) is 41.6 Å². The molecule has 1 N–H and O–H groups in total. The number of carbonyl (C=O) groups excluding carboxylic acids is 1. The van der Waals surface area contributed by atoms with Gasteiger partial charge in [-0.1, -0.05) is 12.1 Å². The van der Waals surface area contributed by atoms with Crippen LogP contribution in [0.15, 0.2) is 24.3 Å². The van der Waals surface area contributed by atoms with E-state index < -0.39 is 17.6 Å². The first-order chi connectivity index (χ1) is 11.9. The Bertz CT molecular complexity index is 592. The van der Waals surface area contributed by atoms with Gasteiger partial charge in [-0.25, -0.2) is 0 Å². The lowest BCUT2D eigenvalue weighted by molar-refractivity contribution is -0.137. The number of nitrogens with zero attached hydrogens (tertiary/aromatic N) is 1. The van der Waals surface area contributed by atoms with E-state index in [0.717, 1.165) is 51.6 Å². The second-order valence-corrected chi connectivity index (χ2v) is 6.75. The number of piperidine rings is 1. The Morgan fingerprint density at radius 3 is 2.56 bits per heavy atom. The molecule has 0 saturated carbocycles. The van der Waals surface area contributed by atoms with Crippen LogP contribution in [0.4, 0.5) is 13.2 Å². The first kappa shape index (κ1) is 18.2. The third-order valence-electron chi connectivity index (χ3n) is 5.10. The molecule has 138 valence electrons. The molecule has 7 heteroatoms. The van der Waals surface area contributed by atoms with Crippen molar-refractivity contribution < 1.29 is 22.7 Å². The molecule has 0 radical (unpaired) electrons. The number of hydrogen-bond acceptors (Lipinski definition) is 3. The van der Waals surface area contributed by atoms with Crippen LogP contribution in [0.2, 0.25) is 0 Å². The van der Waals surface area contributed by atoms with Gasteiger partial charge in [0, 0.05) is 19.2 Å². The van der Waals surface area contributed by atoms with Gasteiger partial charge in [0.1, 0.15) is 0 Å². The molecule has 1 aromatic carbocycles. The number of alkyl halides is 3. The second-order valence-electron chi connectivity index (χ2n) is 6.75. The molecule has 1 unspecified atom stereocenters. The van der Waals surface area contributed by atoms with E-state index in [1.54, 1.807) is 0 Å². The highest BCUT2D eigenvalue weighted by Crippen LogP contribution is 2.31. The molecule has 2 fully saturated rings. The molecule has 0 bridgehead atoms. The van der Waals surface area contributed by atoms with Gasteiger partial charge in [0.2, 0.25) is 0 Å². The molecule has 0 spiro atoms. The van der Waals surface area contributed by atoms with Crippen LogP contribution in [-0.2, 0) is 10.9 Å². The zero-order valence-corrected chi connectivity index (χ0v) is 14.0. The zero-order chi connectivity index (χ0) is 17.9. The lowest BCUT2D eigenvalue weighted by Gasteiger charge is -2.35. The Hall–Kier alpha value is -1.60. The molecular formula is C18H23F3N2O2. The number of hydrogen-bond donors (Lipinski definition) is 1. The molecule has 1 amide bonds. The van der Waals surface area contributed by atoms with Crippen LogP contribution in [0, 0.1) is 5.92 Å². The molecule has 2 saturated heterocycles. The van der Waals surface area contributed by atoms with Crippen LogP contribution in [0.1, 0.15) is 35.2 Å². The highest BCUT2D eigenvalue weighted by atomic mass is 19.4. The van der Waals surface area contributed by atoms with E-state index in [9.17, 15) is 18.0 Å². The number of likely N-dealkylation sites (tertiary alicyclic amines) is 1. The van der Waals surface area contributed by atoms with Crippen LogP contribution < -0.4 is 5.32 Å². The standard InChI is InChI=1S/C18H23F3N2O2/c19-18(20,21)16-4-2-1-3-15(16)17(24)22-11-13-5-8-23(9-6-13)14-7-10-25-12-14/h1-4,13-14H,5-12H2,(H,22,24). The van der Waals surface area contributed by atoms with Crippen molar-refractivity contribution in [3.63, 3.8) is 0 Å². The van der Waals surface area contributed by atoms with Crippen LogP contribution >= 0.6 is 0 Å². The zero-order valence-electron chi connectivity index (χ0n) is 14.0. The van der Waals surface area contributed by atoms with Crippen LogP contribution in [0.25, 0.3) is 0 Å². The Balaban J connectivity index is 1.50. The monoisotopic (exact) mass is 356 g/mol. The molecule has 0 aliphatic carbocycles. The maximum Gasteiger partial charge on any atom is 0.417 e. The van der Waals surface area contributed by atoms with Gasteiger partial charge in [0.25, 0.3) is 5.91 Å². The van der Waals surface area contributed by atoms with Crippen LogP contribution in [-0.4, -0.2) is 49.7 Å². The van der Waals surface area contributed by atoms with E-state index >= 15 is 0 Å². The quantitative estimate of drug-likeness (QED) is 0.902. The lowest BCUT2D eigenvalue weighted by atomic mass is 9.95. The number of rotatable bonds is 4. The van der Waals surface area contributed by atoms with Gasteiger partial charge in [-0.2, -0.15) is 13.2 Å². The van der Waals surface area contributed by atoms with Gasteiger partial charge in [-0.05, 0) is 50.4 Å². The molecule has 0 aromatic heterocycles. The van der Waals surface area contributed by atoms with E-state index in [2.05, 4.69) is 10.2 Å². The summed E-state index contributed by atoms with van der Waals surface area (Å²) in [5.74, 6) is -0.347. The van der Waals surface area contributed by atoms with E-state index in [0.29, 0.717) is 18.5 Å². The van der Waals surface area contributed by atoms with E-state index in [1.165, 1.54) is 18.2 Å².